The van der Waals surface area contributed by atoms with E-state index in [1.165, 1.54) is 11.8 Å². The minimum Gasteiger partial charge on any atom is -0.309 e. The van der Waals surface area contributed by atoms with Crippen LogP contribution in [0.5, 0.6) is 0 Å². The van der Waals surface area contributed by atoms with E-state index in [0.717, 1.165) is 27.6 Å². The molecule has 0 saturated heterocycles. The lowest BCUT2D eigenvalue weighted by Crippen LogP contribution is -2.12. The van der Waals surface area contributed by atoms with Gasteiger partial charge in [0.15, 0.2) is 11.0 Å². The van der Waals surface area contributed by atoms with Crippen LogP contribution in [0.25, 0.3) is 22.3 Å². The fraction of sp³-hybridized carbons (Fsp3) is 0.158. The minimum absolute atomic E-state index is 0.126. The Morgan fingerprint density at radius 1 is 1.15 bits per heavy atom. The molecule has 0 aliphatic heterocycles. The van der Waals surface area contributed by atoms with Crippen LogP contribution < -0.4 is 5.56 Å². The summed E-state index contributed by atoms with van der Waals surface area (Å²) in [6.07, 6.45) is 0. The fourth-order valence-corrected chi connectivity index (χ4v) is 3.75. The first-order valence-corrected chi connectivity index (χ1v) is 9.66. The van der Waals surface area contributed by atoms with Crippen molar-refractivity contribution in [3.63, 3.8) is 0 Å². The molecular weight excluding hydrogens is 382 g/mol. The summed E-state index contributed by atoms with van der Waals surface area (Å²) in [6.45, 7) is 1.95. The van der Waals surface area contributed by atoms with Gasteiger partial charge in [0.2, 0.25) is 0 Å². The van der Waals surface area contributed by atoms with E-state index in [-0.39, 0.29) is 5.56 Å². The number of fused-ring (bicyclic) bond motifs is 1. The number of para-hydroxylation sites is 1. The highest BCUT2D eigenvalue weighted by Gasteiger charge is 2.13. The van der Waals surface area contributed by atoms with Gasteiger partial charge in [-0.05, 0) is 42.8 Å². The van der Waals surface area contributed by atoms with Crippen molar-refractivity contribution in [2.45, 2.75) is 17.8 Å². The van der Waals surface area contributed by atoms with Crippen molar-refractivity contribution < 1.29 is 0 Å². The molecule has 0 unspecified atom stereocenters. The van der Waals surface area contributed by atoms with Crippen LogP contribution in [0, 0.1) is 6.92 Å². The number of hydrogen-bond donors (Lipinski definition) is 1. The summed E-state index contributed by atoms with van der Waals surface area (Å²) < 4.78 is 1.91. The maximum Gasteiger partial charge on any atom is 0.258 e. The smallest absolute Gasteiger partial charge is 0.258 e. The summed E-state index contributed by atoms with van der Waals surface area (Å²) in [5.74, 6) is 1.86. The van der Waals surface area contributed by atoms with Gasteiger partial charge in [-0.2, -0.15) is 0 Å². The second-order valence-electron chi connectivity index (χ2n) is 6.14. The second-order valence-corrected chi connectivity index (χ2v) is 7.52. The third-order valence-corrected chi connectivity index (χ3v) is 5.55. The van der Waals surface area contributed by atoms with Gasteiger partial charge >= 0.3 is 0 Å². The standard InChI is InChI=1S/C19H16ClN5OS/c1-11-4-3-5-14-16(11)21-15(22-18(14)26)10-27-19-24-23-17(25(19)2)12-6-8-13(20)9-7-12/h3-9H,10H2,1-2H3,(H,21,22,26). The van der Waals surface area contributed by atoms with E-state index in [1.54, 1.807) is 6.07 Å². The molecule has 2 heterocycles. The Hall–Kier alpha value is -2.64. The van der Waals surface area contributed by atoms with Crippen molar-refractivity contribution in [3.8, 4) is 11.4 Å². The summed E-state index contributed by atoms with van der Waals surface area (Å²) in [4.78, 5) is 19.8. The summed E-state index contributed by atoms with van der Waals surface area (Å²) in [6, 6.07) is 13.1. The van der Waals surface area contributed by atoms with Crippen LogP contribution in [-0.4, -0.2) is 24.7 Å². The molecule has 0 fully saturated rings. The Labute approximate surface area is 164 Å². The molecule has 4 rings (SSSR count). The van der Waals surface area contributed by atoms with E-state index in [4.69, 9.17) is 11.6 Å². The van der Waals surface area contributed by atoms with Crippen LogP contribution in [0.4, 0.5) is 0 Å². The zero-order valence-electron chi connectivity index (χ0n) is 14.7. The zero-order valence-corrected chi connectivity index (χ0v) is 16.3. The molecule has 0 amide bonds. The summed E-state index contributed by atoms with van der Waals surface area (Å²) >= 11 is 7.42. The number of nitrogens with one attached hydrogen (secondary N) is 1. The molecule has 27 heavy (non-hydrogen) atoms. The fourth-order valence-electron chi connectivity index (χ4n) is 2.84. The maximum atomic E-state index is 12.3. The average Bonchev–Trinajstić information content (AvgIpc) is 3.02. The number of thioether (sulfide) groups is 1. The highest BCUT2D eigenvalue weighted by atomic mass is 35.5. The van der Waals surface area contributed by atoms with Crippen molar-refractivity contribution in [3.05, 3.63) is 69.2 Å². The van der Waals surface area contributed by atoms with Gasteiger partial charge in [0.1, 0.15) is 5.82 Å². The topological polar surface area (TPSA) is 76.5 Å². The number of aromatic amines is 1. The quantitative estimate of drug-likeness (QED) is 0.527. The van der Waals surface area contributed by atoms with Crippen molar-refractivity contribution >= 4 is 34.3 Å². The Morgan fingerprint density at radius 3 is 2.70 bits per heavy atom. The second kappa shape index (κ2) is 7.17. The van der Waals surface area contributed by atoms with Crippen molar-refractivity contribution in [2.24, 2.45) is 7.05 Å². The largest absolute Gasteiger partial charge is 0.309 e. The third kappa shape index (κ3) is 3.48. The first-order valence-electron chi connectivity index (χ1n) is 8.29. The van der Waals surface area contributed by atoms with Gasteiger partial charge in [0, 0.05) is 17.6 Å². The summed E-state index contributed by atoms with van der Waals surface area (Å²) in [5.41, 5.74) is 2.53. The van der Waals surface area contributed by atoms with Gasteiger partial charge in [-0.1, -0.05) is 35.5 Å². The van der Waals surface area contributed by atoms with Crippen LogP contribution in [-0.2, 0) is 12.8 Å². The van der Waals surface area contributed by atoms with E-state index in [9.17, 15) is 4.79 Å². The molecule has 0 aliphatic carbocycles. The first-order chi connectivity index (χ1) is 13.0. The summed E-state index contributed by atoms with van der Waals surface area (Å²) in [5, 5.41) is 10.5. The van der Waals surface area contributed by atoms with Crippen LogP contribution in [0.3, 0.4) is 0 Å². The molecular formula is C19H16ClN5OS. The molecule has 2 aromatic carbocycles. The first kappa shape index (κ1) is 17.8. The SMILES string of the molecule is Cc1cccc2c(=O)[nH]c(CSc3nnc(-c4ccc(Cl)cc4)n3C)nc12. The number of rotatable bonds is 4. The van der Waals surface area contributed by atoms with E-state index < -0.39 is 0 Å². The molecule has 0 aliphatic rings. The highest BCUT2D eigenvalue weighted by Crippen LogP contribution is 2.25. The minimum atomic E-state index is -0.126. The zero-order chi connectivity index (χ0) is 19.0. The molecule has 6 nitrogen and oxygen atoms in total. The molecule has 8 heteroatoms. The molecule has 0 atom stereocenters. The Balaban J connectivity index is 1.59. The van der Waals surface area contributed by atoms with E-state index in [1.807, 2.05) is 54.9 Å². The number of aryl methyl sites for hydroxylation is 1. The number of aromatic nitrogens is 5. The predicted molar refractivity (Wildman–Crippen MR) is 108 cm³/mol. The van der Waals surface area contributed by atoms with Gasteiger partial charge in [-0.3, -0.25) is 4.79 Å². The lowest BCUT2D eigenvalue weighted by atomic mass is 10.1. The Bertz CT molecular complexity index is 1180. The van der Waals surface area contributed by atoms with Crippen LogP contribution in [0.1, 0.15) is 11.4 Å². The molecule has 0 spiro atoms. The van der Waals surface area contributed by atoms with Crippen molar-refractivity contribution in [1.29, 1.82) is 0 Å². The number of nitrogens with zero attached hydrogens (tertiary/aromatic N) is 4. The predicted octanol–water partition coefficient (Wildman–Crippen LogP) is 3.97. The van der Waals surface area contributed by atoms with Crippen LogP contribution >= 0.6 is 23.4 Å². The van der Waals surface area contributed by atoms with Gasteiger partial charge in [-0.15, -0.1) is 10.2 Å². The van der Waals surface area contributed by atoms with Crippen LogP contribution in [0.15, 0.2) is 52.4 Å². The third-order valence-electron chi connectivity index (χ3n) is 4.26. The Kier molecular flexibility index (Phi) is 4.72. The van der Waals surface area contributed by atoms with E-state index in [2.05, 4.69) is 20.2 Å². The van der Waals surface area contributed by atoms with Crippen LogP contribution in [0.2, 0.25) is 5.02 Å². The van der Waals surface area contributed by atoms with Crippen molar-refractivity contribution in [1.82, 2.24) is 24.7 Å². The average molecular weight is 398 g/mol. The number of H-pyrrole nitrogens is 1. The van der Waals surface area contributed by atoms with E-state index in [0.29, 0.717) is 22.0 Å². The molecule has 2 aromatic heterocycles. The molecule has 1 N–H and O–H groups in total. The Morgan fingerprint density at radius 2 is 1.93 bits per heavy atom. The normalized spacial score (nSPS) is 11.2. The van der Waals surface area contributed by atoms with Gasteiger partial charge in [-0.25, -0.2) is 4.98 Å². The summed E-state index contributed by atoms with van der Waals surface area (Å²) in [7, 11) is 1.91. The molecule has 136 valence electrons. The molecule has 0 radical (unpaired) electrons. The number of benzene rings is 2. The maximum absolute atomic E-state index is 12.3. The van der Waals surface area contributed by atoms with Gasteiger partial charge < -0.3 is 9.55 Å². The molecule has 0 saturated carbocycles. The lowest BCUT2D eigenvalue weighted by Gasteiger charge is -2.06. The van der Waals surface area contributed by atoms with E-state index >= 15 is 0 Å². The number of hydrogen-bond acceptors (Lipinski definition) is 5. The lowest BCUT2D eigenvalue weighted by molar-refractivity contribution is 0.793. The van der Waals surface area contributed by atoms with Gasteiger partial charge in [0.25, 0.3) is 5.56 Å². The monoisotopic (exact) mass is 397 g/mol. The van der Waals surface area contributed by atoms with Crippen molar-refractivity contribution in [2.75, 3.05) is 0 Å². The highest BCUT2D eigenvalue weighted by molar-refractivity contribution is 7.98. The molecule has 4 aromatic rings. The molecule has 0 bridgehead atoms. The number of halogens is 1. The van der Waals surface area contributed by atoms with Gasteiger partial charge in [0.05, 0.1) is 16.7 Å².